The third-order valence-electron chi connectivity index (χ3n) is 3.27. The van der Waals surface area contributed by atoms with Crippen LogP contribution in [0.1, 0.15) is 5.82 Å². The summed E-state index contributed by atoms with van der Waals surface area (Å²) in [4.78, 5) is 7.59. The van der Waals surface area contributed by atoms with Crippen molar-refractivity contribution in [3.63, 3.8) is 0 Å². The van der Waals surface area contributed by atoms with E-state index < -0.39 is 21.8 Å². The Morgan fingerprint density at radius 2 is 1.72 bits per heavy atom. The molecular formula is C15H11F3N4O2S. The topological polar surface area (TPSA) is 77.7 Å². The highest BCUT2D eigenvalue weighted by atomic mass is 32.2. The van der Waals surface area contributed by atoms with E-state index in [0.717, 1.165) is 10.9 Å². The molecule has 2 heterocycles. The standard InChI is InChI=1S/C15H11F3N4O2S/c1-25(23,24)11-7-5-10(6-8-11)13-20-14(15(16,17)18)21-22(13)12-4-2-3-9-19-12/h2-9H,1H3. The van der Waals surface area contributed by atoms with Gasteiger partial charge in [0.15, 0.2) is 21.5 Å². The highest BCUT2D eigenvalue weighted by Crippen LogP contribution is 2.30. The van der Waals surface area contributed by atoms with Crippen LogP contribution in [0.3, 0.4) is 0 Å². The molecule has 0 spiro atoms. The number of sulfone groups is 1. The van der Waals surface area contributed by atoms with Crippen LogP contribution in [0.4, 0.5) is 13.2 Å². The van der Waals surface area contributed by atoms with Crippen molar-refractivity contribution in [2.24, 2.45) is 0 Å². The lowest BCUT2D eigenvalue weighted by molar-refractivity contribution is -0.144. The molecule has 3 rings (SSSR count). The fraction of sp³-hybridized carbons (Fsp3) is 0.133. The monoisotopic (exact) mass is 368 g/mol. The van der Waals surface area contributed by atoms with Crippen molar-refractivity contribution in [2.75, 3.05) is 6.26 Å². The first-order valence-electron chi connectivity index (χ1n) is 6.92. The van der Waals surface area contributed by atoms with Gasteiger partial charge in [-0.3, -0.25) is 0 Å². The summed E-state index contributed by atoms with van der Waals surface area (Å²) in [5.74, 6) is -1.24. The molecule has 10 heteroatoms. The van der Waals surface area contributed by atoms with Crippen molar-refractivity contribution in [1.82, 2.24) is 19.7 Å². The quantitative estimate of drug-likeness (QED) is 0.710. The molecule has 0 aliphatic heterocycles. The van der Waals surface area contributed by atoms with Gasteiger partial charge in [-0.2, -0.15) is 17.9 Å². The SMILES string of the molecule is CS(=O)(=O)c1ccc(-c2nc(C(F)(F)F)nn2-c2ccccn2)cc1. The molecule has 0 aliphatic rings. The lowest BCUT2D eigenvalue weighted by Crippen LogP contribution is -2.09. The minimum Gasteiger partial charge on any atom is -0.237 e. The molecule has 3 aromatic rings. The summed E-state index contributed by atoms with van der Waals surface area (Å²) in [5, 5.41) is 3.50. The minimum absolute atomic E-state index is 0.0520. The van der Waals surface area contributed by atoms with Crippen LogP contribution < -0.4 is 0 Å². The van der Waals surface area contributed by atoms with Crippen LogP contribution >= 0.6 is 0 Å². The summed E-state index contributed by atoms with van der Waals surface area (Å²) >= 11 is 0. The van der Waals surface area contributed by atoms with Crippen LogP contribution in [0.15, 0.2) is 53.6 Å². The maximum atomic E-state index is 13.0. The lowest BCUT2D eigenvalue weighted by Gasteiger charge is -2.05. The molecular weight excluding hydrogens is 357 g/mol. The van der Waals surface area contributed by atoms with Gasteiger partial charge in [0.2, 0.25) is 0 Å². The Kier molecular flexibility index (Phi) is 4.07. The number of alkyl halides is 3. The van der Waals surface area contributed by atoms with Crippen molar-refractivity contribution in [1.29, 1.82) is 0 Å². The van der Waals surface area contributed by atoms with E-state index in [2.05, 4.69) is 15.1 Å². The van der Waals surface area contributed by atoms with Gasteiger partial charge in [-0.15, -0.1) is 5.10 Å². The second-order valence-corrected chi connectivity index (χ2v) is 7.17. The smallest absolute Gasteiger partial charge is 0.237 e. The Balaban J connectivity index is 2.16. The van der Waals surface area contributed by atoms with Crippen molar-refractivity contribution in [2.45, 2.75) is 11.1 Å². The van der Waals surface area contributed by atoms with E-state index in [1.54, 1.807) is 12.1 Å². The molecule has 0 bridgehead atoms. The fourth-order valence-corrected chi connectivity index (χ4v) is 2.74. The van der Waals surface area contributed by atoms with Crippen LogP contribution in [0.2, 0.25) is 0 Å². The van der Waals surface area contributed by atoms with Crippen LogP contribution in [0, 0.1) is 0 Å². The number of benzene rings is 1. The Hall–Kier alpha value is -2.75. The largest absolute Gasteiger partial charge is 0.453 e. The molecule has 0 N–H and O–H groups in total. The van der Waals surface area contributed by atoms with E-state index in [4.69, 9.17) is 0 Å². The number of aromatic nitrogens is 4. The Bertz CT molecular complexity index is 998. The number of hydrogen-bond donors (Lipinski definition) is 0. The number of rotatable bonds is 3. The van der Waals surface area contributed by atoms with Crippen molar-refractivity contribution in [3.8, 4) is 17.2 Å². The van der Waals surface area contributed by atoms with Gasteiger partial charge in [-0.1, -0.05) is 6.07 Å². The predicted octanol–water partition coefficient (Wildman–Crippen LogP) is 2.75. The van der Waals surface area contributed by atoms with Gasteiger partial charge in [-0.25, -0.2) is 18.4 Å². The van der Waals surface area contributed by atoms with Crippen LogP contribution in [0.5, 0.6) is 0 Å². The number of hydrogen-bond acceptors (Lipinski definition) is 5. The second kappa shape index (κ2) is 5.96. The molecule has 130 valence electrons. The van der Waals surface area contributed by atoms with E-state index in [1.807, 2.05) is 0 Å². The average Bonchev–Trinajstić information content (AvgIpc) is 3.00. The van der Waals surface area contributed by atoms with Gasteiger partial charge in [0.25, 0.3) is 5.82 Å². The minimum atomic E-state index is -4.72. The molecule has 6 nitrogen and oxygen atoms in total. The molecule has 0 amide bonds. The molecule has 0 unspecified atom stereocenters. The average molecular weight is 368 g/mol. The molecule has 0 atom stereocenters. The van der Waals surface area contributed by atoms with Gasteiger partial charge < -0.3 is 0 Å². The zero-order valence-corrected chi connectivity index (χ0v) is 13.6. The molecule has 0 saturated carbocycles. The normalized spacial score (nSPS) is 12.3. The Labute approximate surface area is 140 Å². The van der Waals surface area contributed by atoms with Crippen LogP contribution in [-0.2, 0) is 16.0 Å². The summed E-state index contributed by atoms with van der Waals surface area (Å²) in [5.41, 5.74) is 0.279. The number of halogens is 3. The first-order chi connectivity index (χ1) is 11.7. The highest BCUT2D eigenvalue weighted by Gasteiger charge is 2.37. The van der Waals surface area contributed by atoms with Gasteiger partial charge in [-0.05, 0) is 36.4 Å². The zero-order chi connectivity index (χ0) is 18.2. The van der Waals surface area contributed by atoms with Crippen LogP contribution in [-0.4, -0.2) is 34.4 Å². The molecule has 0 fully saturated rings. The molecule has 25 heavy (non-hydrogen) atoms. The summed E-state index contributed by atoms with van der Waals surface area (Å²) in [6, 6.07) is 10.1. The van der Waals surface area contributed by atoms with Crippen molar-refractivity contribution >= 4 is 9.84 Å². The summed E-state index contributed by atoms with van der Waals surface area (Å²) in [6.07, 6.45) is -2.26. The number of pyridine rings is 1. The Morgan fingerprint density at radius 1 is 1.04 bits per heavy atom. The summed E-state index contributed by atoms with van der Waals surface area (Å²) in [6.45, 7) is 0. The van der Waals surface area contributed by atoms with Gasteiger partial charge >= 0.3 is 6.18 Å². The Morgan fingerprint density at radius 3 is 2.24 bits per heavy atom. The molecule has 0 aliphatic carbocycles. The lowest BCUT2D eigenvalue weighted by atomic mass is 10.2. The van der Waals surface area contributed by atoms with Gasteiger partial charge in [0.1, 0.15) is 0 Å². The third kappa shape index (κ3) is 3.53. The van der Waals surface area contributed by atoms with Crippen molar-refractivity contribution in [3.05, 3.63) is 54.5 Å². The molecule has 2 aromatic heterocycles. The summed E-state index contributed by atoms with van der Waals surface area (Å²) in [7, 11) is -3.42. The second-order valence-electron chi connectivity index (χ2n) is 5.15. The van der Waals surface area contributed by atoms with E-state index in [9.17, 15) is 21.6 Å². The number of nitrogens with zero attached hydrogens (tertiary/aromatic N) is 4. The predicted molar refractivity (Wildman–Crippen MR) is 82.7 cm³/mol. The first kappa shape index (κ1) is 17.1. The van der Waals surface area contributed by atoms with E-state index in [1.165, 1.54) is 36.5 Å². The van der Waals surface area contributed by atoms with E-state index >= 15 is 0 Å². The molecule has 0 saturated heterocycles. The molecule has 1 aromatic carbocycles. The summed E-state index contributed by atoms with van der Waals surface area (Å²) < 4.78 is 63.0. The third-order valence-corrected chi connectivity index (χ3v) is 4.40. The molecule has 0 radical (unpaired) electrons. The fourth-order valence-electron chi connectivity index (χ4n) is 2.11. The highest BCUT2D eigenvalue weighted by molar-refractivity contribution is 7.90. The first-order valence-corrected chi connectivity index (χ1v) is 8.81. The van der Waals surface area contributed by atoms with Gasteiger partial charge in [0, 0.05) is 18.0 Å². The van der Waals surface area contributed by atoms with E-state index in [-0.39, 0.29) is 22.1 Å². The van der Waals surface area contributed by atoms with Crippen molar-refractivity contribution < 1.29 is 21.6 Å². The zero-order valence-electron chi connectivity index (χ0n) is 12.8. The maximum absolute atomic E-state index is 13.0. The van der Waals surface area contributed by atoms with Gasteiger partial charge in [0.05, 0.1) is 4.90 Å². The maximum Gasteiger partial charge on any atom is 0.453 e. The van der Waals surface area contributed by atoms with E-state index in [0.29, 0.717) is 0 Å². The van der Waals surface area contributed by atoms with Crippen LogP contribution in [0.25, 0.3) is 17.2 Å².